The van der Waals surface area contributed by atoms with Gasteiger partial charge in [0, 0.05) is 28.7 Å². The van der Waals surface area contributed by atoms with Gasteiger partial charge in [0.1, 0.15) is 0 Å². The van der Waals surface area contributed by atoms with Gasteiger partial charge in [-0.2, -0.15) is 0 Å². The van der Waals surface area contributed by atoms with Crippen LogP contribution in [0.15, 0.2) is 67.0 Å². The van der Waals surface area contributed by atoms with E-state index in [1.54, 1.807) is 29.8 Å². The number of aromatic nitrogens is 1. The summed E-state index contributed by atoms with van der Waals surface area (Å²) in [5, 5.41) is 0. The first-order valence-electron chi connectivity index (χ1n) is 8.01. The first-order chi connectivity index (χ1) is 11.7. The van der Waals surface area contributed by atoms with Gasteiger partial charge in [0.15, 0.2) is 0 Å². The number of carbonyl (C=O) groups is 1. The molecule has 0 spiro atoms. The highest BCUT2D eigenvalue weighted by molar-refractivity contribution is 7.11. The summed E-state index contributed by atoms with van der Waals surface area (Å²) in [7, 11) is 0. The molecule has 2 aromatic heterocycles. The second kappa shape index (κ2) is 7.88. The third-order valence-electron chi connectivity index (χ3n) is 3.85. The Morgan fingerprint density at radius 1 is 1.08 bits per heavy atom. The number of amides is 1. The molecule has 1 aromatic carbocycles. The Morgan fingerprint density at radius 2 is 1.92 bits per heavy atom. The van der Waals surface area contributed by atoms with E-state index in [-0.39, 0.29) is 5.91 Å². The largest absolute Gasteiger partial charge is 0.333 e. The number of hydrogen-bond donors (Lipinski definition) is 0. The van der Waals surface area contributed by atoms with Crippen LogP contribution < -0.4 is 0 Å². The molecule has 0 radical (unpaired) electrons. The molecular formula is C20H20N2OS. The monoisotopic (exact) mass is 336 g/mol. The van der Waals surface area contributed by atoms with Crippen LogP contribution in [0.25, 0.3) is 0 Å². The Bertz CT molecular complexity index is 784. The minimum atomic E-state index is 0.0325. The average molecular weight is 336 g/mol. The average Bonchev–Trinajstić information content (AvgIpc) is 3.04. The Morgan fingerprint density at radius 3 is 2.58 bits per heavy atom. The van der Waals surface area contributed by atoms with Gasteiger partial charge < -0.3 is 4.90 Å². The molecule has 0 aliphatic rings. The quantitative estimate of drug-likeness (QED) is 0.671. The van der Waals surface area contributed by atoms with Gasteiger partial charge in [0.25, 0.3) is 5.91 Å². The first kappa shape index (κ1) is 16.4. The topological polar surface area (TPSA) is 33.2 Å². The molecule has 0 saturated carbocycles. The molecule has 122 valence electrons. The Hall–Kier alpha value is -2.46. The summed E-state index contributed by atoms with van der Waals surface area (Å²) in [6, 6.07) is 18.1. The van der Waals surface area contributed by atoms with E-state index in [0.29, 0.717) is 18.7 Å². The molecule has 0 unspecified atom stereocenters. The van der Waals surface area contributed by atoms with Gasteiger partial charge in [-0.1, -0.05) is 30.3 Å². The maximum Gasteiger partial charge on any atom is 0.255 e. The third kappa shape index (κ3) is 4.30. The van der Waals surface area contributed by atoms with Crippen molar-refractivity contribution in [1.82, 2.24) is 9.88 Å². The normalized spacial score (nSPS) is 10.5. The molecular weight excluding hydrogens is 316 g/mol. The molecule has 0 aliphatic heterocycles. The predicted octanol–water partition coefficient (Wildman–Crippen LogP) is 4.34. The van der Waals surface area contributed by atoms with E-state index in [1.165, 1.54) is 15.3 Å². The Balaban J connectivity index is 1.76. The second-order valence-corrected chi connectivity index (χ2v) is 7.09. The fourth-order valence-electron chi connectivity index (χ4n) is 2.59. The van der Waals surface area contributed by atoms with Gasteiger partial charge in [-0.05, 0) is 43.2 Å². The van der Waals surface area contributed by atoms with E-state index in [9.17, 15) is 4.79 Å². The molecule has 0 saturated heterocycles. The molecule has 0 fully saturated rings. The van der Waals surface area contributed by atoms with Crippen LogP contribution in [-0.2, 0) is 13.0 Å². The number of rotatable bonds is 6. The van der Waals surface area contributed by atoms with E-state index in [1.807, 2.05) is 29.2 Å². The lowest BCUT2D eigenvalue weighted by Crippen LogP contribution is -2.32. The van der Waals surface area contributed by atoms with Crippen molar-refractivity contribution in [2.75, 3.05) is 6.54 Å². The van der Waals surface area contributed by atoms with E-state index < -0.39 is 0 Å². The molecule has 1 amide bonds. The zero-order valence-corrected chi connectivity index (χ0v) is 14.5. The van der Waals surface area contributed by atoms with Crippen molar-refractivity contribution in [3.8, 4) is 0 Å². The molecule has 0 bridgehead atoms. The summed E-state index contributed by atoms with van der Waals surface area (Å²) in [6.45, 7) is 3.42. The fraction of sp³-hybridized carbons (Fsp3) is 0.200. The third-order valence-corrected chi connectivity index (χ3v) is 4.84. The van der Waals surface area contributed by atoms with E-state index in [4.69, 9.17) is 0 Å². The summed E-state index contributed by atoms with van der Waals surface area (Å²) in [5.74, 6) is 0.0325. The van der Waals surface area contributed by atoms with Crippen molar-refractivity contribution in [3.05, 3.63) is 87.9 Å². The van der Waals surface area contributed by atoms with Gasteiger partial charge in [-0.15, -0.1) is 11.3 Å². The molecule has 4 heteroatoms. The fourth-order valence-corrected chi connectivity index (χ4v) is 3.50. The van der Waals surface area contributed by atoms with Gasteiger partial charge in [0.2, 0.25) is 0 Å². The maximum atomic E-state index is 12.9. The van der Waals surface area contributed by atoms with E-state index in [0.717, 1.165) is 6.42 Å². The SMILES string of the molecule is Cc1ccc(CN(CCc2ccccc2)C(=O)c2cccnc2)s1. The molecule has 0 aliphatic carbocycles. The van der Waals surface area contributed by atoms with Crippen LogP contribution in [0, 0.1) is 6.92 Å². The summed E-state index contributed by atoms with van der Waals surface area (Å²) < 4.78 is 0. The van der Waals surface area contributed by atoms with Crippen LogP contribution in [0.2, 0.25) is 0 Å². The molecule has 0 atom stereocenters. The van der Waals surface area contributed by atoms with Crippen LogP contribution in [0.3, 0.4) is 0 Å². The number of pyridine rings is 1. The van der Waals surface area contributed by atoms with Gasteiger partial charge >= 0.3 is 0 Å². The van der Waals surface area contributed by atoms with Crippen LogP contribution in [0.5, 0.6) is 0 Å². The van der Waals surface area contributed by atoms with Crippen molar-refractivity contribution in [3.63, 3.8) is 0 Å². The molecule has 3 nitrogen and oxygen atoms in total. The van der Waals surface area contributed by atoms with Crippen molar-refractivity contribution >= 4 is 17.2 Å². The minimum absolute atomic E-state index is 0.0325. The summed E-state index contributed by atoms with van der Waals surface area (Å²) in [6.07, 6.45) is 4.17. The van der Waals surface area contributed by atoms with Crippen LogP contribution in [0.1, 0.15) is 25.7 Å². The lowest BCUT2D eigenvalue weighted by molar-refractivity contribution is 0.0746. The van der Waals surface area contributed by atoms with Gasteiger partial charge in [0.05, 0.1) is 12.1 Å². The lowest BCUT2D eigenvalue weighted by Gasteiger charge is -2.22. The predicted molar refractivity (Wildman–Crippen MR) is 98.2 cm³/mol. The highest BCUT2D eigenvalue weighted by atomic mass is 32.1. The van der Waals surface area contributed by atoms with Gasteiger partial charge in [-0.3, -0.25) is 9.78 Å². The Kier molecular flexibility index (Phi) is 5.39. The van der Waals surface area contributed by atoms with Crippen LogP contribution in [-0.4, -0.2) is 22.3 Å². The molecule has 3 rings (SSSR count). The first-order valence-corrected chi connectivity index (χ1v) is 8.82. The second-order valence-electron chi connectivity index (χ2n) is 5.72. The molecule has 2 heterocycles. The van der Waals surface area contributed by atoms with Gasteiger partial charge in [-0.25, -0.2) is 0 Å². The smallest absolute Gasteiger partial charge is 0.255 e. The summed E-state index contributed by atoms with van der Waals surface area (Å²) in [5.41, 5.74) is 1.88. The molecule has 24 heavy (non-hydrogen) atoms. The van der Waals surface area contributed by atoms with E-state index in [2.05, 4.69) is 36.2 Å². The minimum Gasteiger partial charge on any atom is -0.333 e. The summed E-state index contributed by atoms with van der Waals surface area (Å²) >= 11 is 1.74. The lowest BCUT2D eigenvalue weighted by atomic mass is 10.1. The van der Waals surface area contributed by atoms with E-state index >= 15 is 0 Å². The van der Waals surface area contributed by atoms with Crippen molar-refractivity contribution in [2.24, 2.45) is 0 Å². The number of thiophene rings is 1. The van der Waals surface area contributed by atoms with Crippen molar-refractivity contribution in [1.29, 1.82) is 0 Å². The number of carbonyl (C=O) groups excluding carboxylic acids is 1. The summed E-state index contributed by atoms with van der Waals surface area (Å²) in [4.78, 5) is 21.3. The highest BCUT2D eigenvalue weighted by Crippen LogP contribution is 2.19. The standard InChI is InChI=1S/C20H20N2OS/c1-16-9-10-19(24-16)15-22(13-11-17-6-3-2-4-7-17)20(23)18-8-5-12-21-14-18/h2-10,12,14H,11,13,15H2,1H3. The zero-order chi connectivity index (χ0) is 16.8. The Labute approximate surface area is 146 Å². The highest BCUT2D eigenvalue weighted by Gasteiger charge is 2.17. The zero-order valence-electron chi connectivity index (χ0n) is 13.7. The number of aryl methyl sites for hydroxylation is 1. The van der Waals surface area contributed by atoms with Crippen molar-refractivity contribution in [2.45, 2.75) is 19.9 Å². The maximum absolute atomic E-state index is 12.9. The van der Waals surface area contributed by atoms with Crippen LogP contribution in [0.4, 0.5) is 0 Å². The molecule has 0 N–H and O–H groups in total. The van der Waals surface area contributed by atoms with Crippen molar-refractivity contribution < 1.29 is 4.79 Å². The van der Waals surface area contributed by atoms with Crippen LogP contribution >= 0.6 is 11.3 Å². The molecule has 3 aromatic rings. The number of benzene rings is 1. The number of hydrogen-bond acceptors (Lipinski definition) is 3. The number of nitrogens with zero attached hydrogens (tertiary/aromatic N) is 2.